The normalized spacial score (nSPS) is 18.4. The lowest BCUT2D eigenvalue weighted by Crippen LogP contribution is -2.50. The zero-order valence-corrected chi connectivity index (χ0v) is 23.4. The molecule has 17 nitrogen and oxygen atoms in total. The van der Waals surface area contributed by atoms with Gasteiger partial charge >= 0.3 is 17.9 Å². The molecule has 244 valence electrons. The molecule has 1 amide bonds. The van der Waals surface area contributed by atoms with Crippen LogP contribution < -0.4 is 0 Å². The molecule has 1 fully saturated rings. The third-order valence-electron chi connectivity index (χ3n) is 5.64. The van der Waals surface area contributed by atoms with Crippen LogP contribution in [0.25, 0.3) is 0 Å². The Kier molecular flexibility index (Phi) is 20.6. The highest BCUT2D eigenvalue weighted by Gasteiger charge is 2.32. The predicted molar refractivity (Wildman–Crippen MR) is 141 cm³/mol. The lowest BCUT2D eigenvalue weighted by Gasteiger charge is -2.28. The summed E-state index contributed by atoms with van der Waals surface area (Å²) < 4.78 is 4.10. The van der Waals surface area contributed by atoms with Gasteiger partial charge in [-0.3, -0.25) is 9.59 Å². The number of carboxylic acids is 1. The summed E-state index contributed by atoms with van der Waals surface area (Å²) in [5.74, 6) is -3.06. The van der Waals surface area contributed by atoms with Gasteiger partial charge in [0.15, 0.2) is 0 Å². The van der Waals surface area contributed by atoms with Gasteiger partial charge < -0.3 is 65.8 Å². The molecule has 0 radical (unpaired) electrons. The van der Waals surface area contributed by atoms with E-state index in [1.54, 1.807) is 0 Å². The number of carbonyl (C=O) groups is 4. The summed E-state index contributed by atoms with van der Waals surface area (Å²) in [6.07, 6.45) is -11.6. The minimum absolute atomic E-state index is 0.0544. The first kappa shape index (κ1) is 41.3. The number of hydrogen-bond donors (Lipinski definition) is 11. The minimum Gasteiger partial charge on any atom is -0.478 e. The maximum absolute atomic E-state index is 11.6. The van der Waals surface area contributed by atoms with E-state index in [0.29, 0.717) is 12.8 Å². The van der Waals surface area contributed by atoms with Crippen LogP contribution in [0.5, 0.6) is 0 Å². The van der Waals surface area contributed by atoms with Gasteiger partial charge in [-0.1, -0.05) is 26.5 Å². The van der Waals surface area contributed by atoms with Crippen molar-refractivity contribution in [3.8, 4) is 0 Å². The number of rotatable bonds is 15. The van der Waals surface area contributed by atoms with E-state index >= 15 is 0 Å². The van der Waals surface area contributed by atoms with Gasteiger partial charge in [0.05, 0.1) is 32.2 Å². The van der Waals surface area contributed by atoms with E-state index in [1.165, 1.54) is 7.05 Å². The monoisotopic (exact) mass is 613 g/mol. The summed E-state index contributed by atoms with van der Waals surface area (Å²) in [6, 6.07) is 0. The summed E-state index contributed by atoms with van der Waals surface area (Å²) in [5, 5.41) is 100. The summed E-state index contributed by atoms with van der Waals surface area (Å²) in [4.78, 5) is 43.5. The highest BCUT2D eigenvalue weighted by atomic mass is 16.6. The molecular formula is C25H43NO16. The van der Waals surface area contributed by atoms with Crippen molar-refractivity contribution < 1.29 is 80.1 Å². The van der Waals surface area contributed by atoms with Gasteiger partial charge in [0.25, 0.3) is 0 Å². The van der Waals surface area contributed by atoms with Gasteiger partial charge in [-0.2, -0.15) is 0 Å². The summed E-state index contributed by atoms with van der Waals surface area (Å²) in [5.41, 5.74) is -0.0763. The molecule has 0 aromatic carbocycles. The molecule has 1 aliphatic heterocycles. The van der Waals surface area contributed by atoms with Crippen molar-refractivity contribution in [2.45, 2.75) is 81.4 Å². The van der Waals surface area contributed by atoms with E-state index in [4.69, 9.17) is 30.6 Å². The average Bonchev–Trinajstić information content (AvgIpc) is 3.24. The van der Waals surface area contributed by atoms with Crippen LogP contribution in [0.15, 0.2) is 24.3 Å². The van der Waals surface area contributed by atoms with Crippen LogP contribution in [0.2, 0.25) is 0 Å². The number of aliphatic hydroxyl groups is 10. The Labute approximate surface area is 241 Å². The summed E-state index contributed by atoms with van der Waals surface area (Å²) in [7, 11) is 1.27. The highest BCUT2D eigenvalue weighted by molar-refractivity contribution is 6.05. The van der Waals surface area contributed by atoms with Crippen molar-refractivity contribution in [1.82, 2.24) is 4.90 Å². The topological polar surface area (TPSA) is 303 Å². The second kappa shape index (κ2) is 20.9. The Morgan fingerprint density at radius 3 is 1.60 bits per heavy atom. The molecule has 0 unspecified atom stereocenters. The van der Waals surface area contributed by atoms with E-state index in [-0.39, 0.29) is 17.6 Å². The van der Waals surface area contributed by atoms with Crippen molar-refractivity contribution in [2.24, 2.45) is 0 Å². The lowest BCUT2D eigenvalue weighted by atomic mass is 10.0. The molecule has 0 saturated carbocycles. The quantitative estimate of drug-likeness (QED) is 0.0469. The Morgan fingerprint density at radius 2 is 1.29 bits per heavy atom. The molecule has 0 aromatic heterocycles. The molecule has 1 heterocycles. The minimum atomic E-state index is -1.79. The standard InChI is InChI=1S/C12H21NO8.C8H18O5.C5H4O3/c1-6(12(20)21)3-9(17)13(2)4-7(15)10(18)11(19)8(16)5-14;1-2-3-5(10)7(12)8(13)6(11)4-9;1-3-2-4(6)8-5(3)7/h7-8,10-11,14-16,18-19H,1,3-5H2,2H3,(H,20,21);5-13H,2-4H2,1H3;1-2H2/t7-,8+,10+,11+;5-,6+,7+,8+;/m00./s1. The second-order valence-corrected chi connectivity index (χ2v) is 9.29. The fourth-order valence-electron chi connectivity index (χ4n) is 2.93. The van der Waals surface area contributed by atoms with Crippen LogP contribution >= 0.6 is 0 Å². The molecule has 0 aromatic rings. The Hall–Kier alpha value is -2.84. The maximum Gasteiger partial charge on any atom is 0.341 e. The number of ether oxygens (including phenoxy) is 1. The van der Waals surface area contributed by atoms with E-state index in [2.05, 4.69) is 17.9 Å². The molecule has 1 aliphatic rings. The largest absolute Gasteiger partial charge is 0.478 e. The molecule has 11 N–H and O–H groups in total. The van der Waals surface area contributed by atoms with Gasteiger partial charge in [0.1, 0.15) is 42.7 Å². The van der Waals surface area contributed by atoms with E-state index < -0.39 is 98.8 Å². The Morgan fingerprint density at radius 1 is 0.857 bits per heavy atom. The zero-order chi connectivity index (χ0) is 33.3. The smallest absolute Gasteiger partial charge is 0.341 e. The van der Waals surface area contributed by atoms with Gasteiger partial charge in [0, 0.05) is 24.7 Å². The molecule has 17 heteroatoms. The van der Waals surface area contributed by atoms with E-state index in [0.717, 1.165) is 4.90 Å². The van der Waals surface area contributed by atoms with Crippen LogP contribution in [0, 0.1) is 0 Å². The van der Waals surface area contributed by atoms with Crippen molar-refractivity contribution in [3.05, 3.63) is 24.3 Å². The first-order valence-corrected chi connectivity index (χ1v) is 12.6. The molecule has 0 bridgehead atoms. The second-order valence-electron chi connectivity index (χ2n) is 9.29. The summed E-state index contributed by atoms with van der Waals surface area (Å²) >= 11 is 0. The molecule has 0 aliphatic carbocycles. The number of hydrogen-bond acceptors (Lipinski definition) is 15. The van der Waals surface area contributed by atoms with Crippen molar-refractivity contribution >= 4 is 23.8 Å². The van der Waals surface area contributed by atoms with Crippen molar-refractivity contribution in [3.63, 3.8) is 0 Å². The predicted octanol–water partition coefficient (Wildman–Crippen LogP) is -4.85. The molecule has 8 atom stereocenters. The van der Waals surface area contributed by atoms with Gasteiger partial charge in [-0.05, 0) is 6.42 Å². The third kappa shape index (κ3) is 15.4. The maximum atomic E-state index is 11.6. The number of esters is 2. The Balaban J connectivity index is 0. The molecule has 1 rings (SSSR count). The number of carboxylic acid groups (broad SMARTS) is 1. The van der Waals surface area contributed by atoms with E-state index in [1.807, 2.05) is 6.92 Å². The van der Waals surface area contributed by atoms with Crippen LogP contribution in [-0.2, 0) is 23.9 Å². The number of carbonyl (C=O) groups excluding carboxylic acids is 3. The van der Waals surface area contributed by atoms with Crippen molar-refractivity contribution in [1.29, 1.82) is 0 Å². The van der Waals surface area contributed by atoms with Gasteiger partial charge in [0.2, 0.25) is 5.91 Å². The van der Waals surface area contributed by atoms with Crippen LogP contribution in [0.3, 0.4) is 0 Å². The SMILES string of the molecule is C=C(CC(=O)N(C)C[C@H](O)[C@@H](O)[C@H](O)[C@H](O)CO)C(=O)O.C=C1CC(=O)OC1=O.CCC[C@H](O)[C@@H](O)[C@H](O)[C@H](O)CO. The average molecular weight is 614 g/mol. The molecule has 0 spiro atoms. The van der Waals surface area contributed by atoms with Crippen molar-refractivity contribution in [2.75, 3.05) is 26.8 Å². The first-order valence-electron chi connectivity index (χ1n) is 12.6. The number of aliphatic hydroxyl groups excluding tert-OH is 10. The highest BCUT2D eigenvalue weighted by Crippen LogP contribution is 2.11. The van der Waals surface area contributed by atoms with Crippen LogP contribution in [-0.4, -0.2) is 161 Å². The lowest BCUT2D eigenvalue weighted by molar-refractivity contribution is -0.151. The number of likely N-dealkylation sites (N-methyl/N-ethyl adjacent to an activating group) is 1. The van der Waals surface area contributed by atoms with E-state index in [9.17, 15) is 44.7 Å². The fraction of sp³-hybridized carbons (Fsp3) is 0.680. The van der Waals surface area contributed by atoms with Crippen LogP contribution in [0.4, 0.5) is 0 Å². The molecule has 1 saturated heterocycles. The number of amides is 1. The molecule has 42 heavy (non-hydrogen) atoms. The van der Waals surface area contributed by atoms with Gasteiger partial charge in [-0.25, -0.2) is 9.59 Å². The molecular weight excluding hydrogens is 570 g/mol. The van der Waals surface area contributed by atoms with Gasteiger partial charge in [-0.15, -0.1) is 0 Å². The first-order chi connectivity index (χ1) is 19.3. The van der Waals surface area contributed by atoms with Crippen LogP contribution in [0.1, 0.15) is 32.6 Å². The zero-order valence-electron chi connectivity index (χ0n) is 23.4. The fourth-order valence-corrected chi connectivity index (χ4v) is 2.93. The number of nitrogens with zero attached hydrogens (tertiary/aromatic N) is 1. The number of aliphatic carboxylic acids is 1. The summed E-state index contributed by atoms with van der Waals surface area (Å²) in [6.45, 7) is 6.46. The number of cyclic esters (lactones) is 2. The Bertz CT molecular complexity index is 878. The third-order valence-corrected chi connectivity index (χ3v) is 5.64.